The molecule has 0 aliphatic carbocycles. The van der Waals surface area contributed by atoms with Gasteiger partial charge in [0, 0.05) is 38.6 Å². The maximum absolute atomic E-state index is 12.9. The lowest BCUT2D eigenvalue weighted by Gasteiger charge is -2.33. The number of hydrogen-bond acceptors (Lipinski definition) is 6. The average molecular weight is 360 g/mol. The van der Waals surface area contributed by atoms with Crippen LogP contribution in [0.25, 0.3) is 11.0 Å². The van der Waals surface area contributed by atoms with E-state index in [9.17, 15) is 13.2 Å². The third-order valence-electron chi connectivity index (χ3n) is 4.20. The largest absolute Gasteiger partial charge is 0.338 e. The Hall–Kier alpha value is -2.72. The van der Waals surface area contributed by atoms with Crippen molar-refractivity contribution in [1.29, 1.82) is 0 Å². The van der Waals surface area contributed by atoms with E-state index in [0.29, 0.717) is 43.2 Å². The molecule has 0 bridgehead atoms. The molecule has 1 saturated heterocycles. The van der Waals surface area contributed by atoms with E-state index < -0.39 is 10.0 Å². The second-order valence-corrected chi connectivity index (χ2v) is 7.66. The van der Waals surface area contributed by atoms with Crippen LogP contribution in [-0.4, -0.2) is 58.8 Å². The number of hydrogen-bond donors (Lipinski definition) is 2. The van der Waals surface area contributed by atoms with Crippen LogP contribution in [0.2, 0.25) is 0 Å². The second-order valence-electron chi connectivity index (χ2n) is 5.73. The molecule has 10 heteroatoms. The number of sulfonamides is 1. The van der Waals surface area contributed by atoms with Crippen LogP contribution in [0.5, 0.6) is 0 Å². The molecular formula is C15H16N6O3S. The molecule has 3 heterocycles. The van der Waals surface area contributed by atoms with E-state index in [1.165, 1.54) is 16.4 Å². The van der Waals surface area contributed by atoms with Crippen molar-refractivity contribution in [2.75, 3.05) is 31.1 Å². The number of imidazole rings is 1. The molecule has 0 atom stereocenters. The number of rotatable bonds is 3. The van der Waals surface area contributed by atoms with Crippen molar-refractivity contribution in [1.82, 2.24) is 24.2 Å². The number of piperazine rings is 1. The topological polar surface area (TPSA) is 115 Å². The molecule has 130 valence electrons. The zero-order valence-corrected chi connectivity index (χ0v) is 14.0. The zero-order chi connectivity index (χ0) is 17.4. The summed E-state index contributed by atoms with van der Waals surface area (Å²) in [6.07, 6.45) is 3.33. The van der Waals surface area contributed by atoms with Gasteiger partial charge in [0.15, 0.2) is 0 Å². The lowest BCUT2D eigenvalue weighted by Crippen LogP contribution is -2.49. The van der Waals surface area contributed by atoms with Gasteiger partial charge in [-0.1, -0.05) is 0 Å². The van der Waals surface area contributed by atoms with Gasteiger partial charge in [-0.25, -0.2) is 23.2 Å². The number of aromatic nitrogens is 4. The first-order valence-corrected chi connectivity index (χ1v) is 9.22. The summed E-state index contributed by atoms with van der Waals surface area (Å²) < 4.78 is 27.2. The molecule has 0 spiro atoms. The van der Waals surface area contributed by atoms with Crippen LogP contribution in [0.1, 0.15) is 0 Å². The van der Waals surface area contributed by atoms with E-state index in [0.717, 1.165) is 0 Å². The summed E-state index contributed by atoms with van der Waals surface area (Å²) in [6.45, 7) is 1.74. The molecule has 0 saturated carbocycles. The van der Waals surface area contributed by atoms with Gasteiger partial charge in [-0.3, -0.25) is 0 Å². The number of nitrogens with zero attached hydrogens (tertiary/aromatic N) is 4. The third-order valence-corrected chi connectivity index (χ3v) is 6.09. The molecule has 2 N–H and O–H groups in total. The van der Waals surface area contributed by atoms with Crippen molar-refractivity contribution >= 4 is 27.0 Å². The number of fused-ring (bicyclic) bond motifs is 1. The standard InChI is InChI=1S/C15H16N6O3S/c22-15-18-12-3-2-11(10-13(12)19-15)25(23,24)21-8-6-20(7-9-21)14-16-4-1-5-17-14/h1-5,10H,6-9H2,(H2,18,19,22). The molecule has 1 aliphatic rings. The second kappa shape index (κ2) is 5.97. The molecule has 2 aromatic heterocycles. The monoisotopic (exact) mass is 360 g/mol. The SMILES string of the molecule is O=c1[nH]c2ccc(S(=O)(=O)N3CCN(c4ncccn4)CC3)cc2[nH]1. The van der Waals surface area contributed by atoms with Gasteiger partial charge in [0.05, 0.1) is 15.9 Å². The summed E-state index contributed by atoms with van der Waals surface area (Å²) in [5, 5.41) is 0. The van der Waals surface area contributed by atoms with Gasteiger partial charge in [-0.05, 0) is 24.3 Å². The van der Waals surface area contributed by atoms with Crippen LogP contribution in [0.3, 0.4) is 0 Å². The summed E-state index contributed by atoms with van der Waals surface area (Å²) in [4.78, 5) is 27.0. The molecule has 3 aromatic rings. The fourth-order valence-corrected chi connectivity index (χ4v) is 4.35. The molecule has 0 amide bonds. The minimum atomic E-state index is -3.62. The maximum atomic E-state index is 12.9. The van der Waals surface area contributed by atoms with Gasteiger partial charge in [-0.15, -0.1) is 0 Å². The molecule has 1 fully saturated rings. The van der Waals surface area contributed by atoms with Crippen molar-refractivity contribution in [3.8, 4) is 0 Å². The van der Waals surface area contributed by atoms with Crippen molar-refractivity contribution < 1.29 is 8.42 Å². The minimum Gasteiger partial charge on any atom is -0.338 e. The molecular weight excluding hydrogens is 344 g/mol. The maximum Gasteiger partial charge on any atom is 0.323 e. The fraction of sp³-hybridized carbons (Fsp3) is 0.267. The Morgan fingerprint density at radius 2 is 1.64 bits per heavy atom. The summed E-state index contributed by atoms with van der Waals surface area (Å²) in [5.74, 6) is 0.603. The first-order chi connectivity index (χ1) is 12.0. The highest BCUT2D eigenvalue weighted by molar-refractivity contribution is 7.89. The van der Waals surface area contributed by atoms with Gasteiger partial charge < -0.3 is 14.9 Å². The lowest BCUT2D eigenvalue weighted by molar-refractivity contribution is 0.382. The first-order valence-electron chi connectivity index (χ1n) is 7.78. The summed E-state index contributed by atoms with van der Waals surface area (Å²) in [6, 6.07) is 6.32. The van der Waals surface area contributed by atoms with Crippen molar-refractivity contribution in [2.45, 2.75) is 4.90 Å². The van der Waals surface area contributed by atoms with Gasteiger partial charge in [-0.2, -0.15) is 4.31 Å². The van der Waals surface area contributed by atoms with Crippen molar-refractivity contribution in [2.24, 2.45) is 0 Å². The minimum absolute atomic E-state index is 0.166. The Morgan fingerprint density at radius 3 is 2.36 bits per heavy atom. The zero-order valence-electron chi connectivity index (χ0n) is 13.2. The van der Waals surface area contributed by atoms with E-state index in [1.807, 2.05) is 4.90 Å². The molecule has 0 unspecified atom stereocenters. The Balaban J connectivity index is 1.55. The molecule has 0 radical (unpaired) electrons. The predicted octanol–water partition coefficient (Wildman–Crippen LogP) is 0.157. The Labute approximate surface area is 143 Å². The molecule has 9 nitrogen and oxygen atoms in total. The molecule has 4 rings (SSSR count). The van der Waals surface area contributed by atoms with Crippen LogP contribution in [-0.2, 0) is 10.0 Å². The van der Waals surface area contributed by atoms with Crippen molar-refractivity contribution in [3.63, 3.8) is 0 Å². The van der Waals surface area contributed by atoms with Crippen LogP contribution in [0, 0.1) is 0 Å². The van der Waals surface area contributed by atoms with Crippen LogP contribution in [0.4, 0.5) is 5.95 Å². The highest BCUT2D eigenvalue weighted by atomic mass is 32.2. The molecule has 1 aromatic carbocycles. The number of nitrogens with one attached hydrogen (secondary N) is 2. The first kappa shape index (κ1) is 15.8. The van der Waals surface area contributed by atoms with E-state index in [-0.39, 0.29) is 10.6 Å². The Morgan fingerprint density at radius 1 is 0.960 bits per heavy atom. The van der Waals surface area contributed by atoms with Crippen LogP contribution < -0.4 is 10.6 Å². The smallest absolute Gasteiger partial charge is 0.323 e. The number of aromatic amines is 2. The Kier molecular flexibility index (Phi) is 3.77. The van der Waals surface area contributed by atoms with Gasteiger partial charge in [0.25, 0.3) is 0 Å². The molecule has 1 aliphatic heterocycles. The van der Waals surface area contributed by atoms with Gasteiger partial charge in [0.1, 0.15) is 0 Å². The highest BCUT2D eigenvalue weighted by Gasteiger charge is 2.29. The van der Waals surface area contributed by atoms with E-state index in [1.54, 1.807) is 24.5 Å². The third kappa shape index (κ3) is 2.89. The fourth-order valence-electron chi connectivity index (χ4n) is 2.90. The van der Waals surface area contributed by atoms with Crippen LogP contribution in [0.15, 0.2) is 46.3 Å². The van der Waals surface area contributed by atoms with Gasteiger partial charge in [0.2, 0.25) is 16.0 Å². The van der Waals surface area contributed by atoms with Crippen LogP contribution >= 0.6 is 0 Å². The number of benzene rings is 1. The number of anilines is 1. The highest BCUT2D eigenvalue weighted by Crippen LogP contribution is 2.21. The Bertz CT molecular complexity index is 1050. The number of H-pyrrole nitrogens is 2. The lowest BCUT2D eigenvalue weighted by atomic mass is 10.3. The van der Waals surface area contributed by atoms with E-state index >= 15 is 0 Å². The quantitative estimate of drug-likeness (QED) is 0.687. The normalized spacial score (nSPS) is 16.4. The van der Waals surface area contributed by atoms with Crippen molar-refractivity contribution in [3.05, 3.63) is 47.1 Å². The van der Waals surface area contributed by atoms with E-state index in [2.05, 4.69) is 19.9 Å². The molecule has 25 heavy (non-hydrogen) atoms. The summed E-state index contributed by atoms with van der Waals surface area (Å²) in [7, 11) is -3.62. The van der Waals surface area contributed by atoms with Gasteiger partial charge >= 0.3 is 5.69 Å². The van der Waals surface area contributed by atoms with E-state index in [4.69, 9.17) is 0 Å². The summed E-state index contributed by atoms with van der Waals surface area (Å²) >= 11 is 0. The predicted molar refractivity (Wildman–Crippen MR) is 91.9 cm³/mol. The summed E-state index contributed by atoms with van der Waals surface area (Å²) in [5.41, 5.74) is 0.693. The average Bonchev–Trinajstić information content (AvgIpc) is 3.02.